The number of esters is 1. The van der Waals surface area contributed by atoms with E-state index in [-0.39, 0.29) is 16.2 Å². The second-order valence-corrected chi connectivity index (χ2v) is 7.22. The third-order valence-corrected chi connectivity index (χ3v) is 4.75. The van der Waals surface area contributed by atoms with Crippen LogP contribution in [-0.2, 0) is 9.53 Å². The van der Waals surface area contributed by atoms with Crippen LogP contribution in [0.15, 0.2) is 48.5 Å². The molecule has 8 nitrogen and oxygen atoms in total. The predicted molar refractivity (Wildman–Crippen MR) is 118 cm³/mol. The van der Waals surface area contributed by atoms with Crippen LogP contribution >= 0.6 is 12.2 Å². The Hall–Kier alpha value is -3.59. The van der Waals surface area contributed by atoms with E-state index >= 15 is 0 Å². The lowest BCUT2D eigenvalue weighted by Gasteiger charge is -2.14. The lowest BCUT2D eigenvalue weighted by Crippen LogP contribution is -2.43. The second-order valence-electron chi connectivity index (χ2n) is 6.81. The highest BCUT2D eigenvalue weighted by atomic mass is 32.1. The summed E-state index contributed by atoms with van der Waals surface area (Å²) in [6.45, 7) is 1.94. The summed E-state index contributed by atoms with van der Waals surface area (Å²) in [4.78, 5) is 49.7. The number of hydrogen-bond acceptors (Lipinski definition) is 6. The summed E-state index contributed by atoms with van der Waals surface area (Å²) in [5.74, 6) is -2.05. The summed E-state index contributed by atoms with van der Waals surface area (Å²) in [5, 5.41) is 5.25. The molecule has 31 heavy (non-hydrogen) atoms. The van der Waals surface area contributed by atoms with Crippen LogP contribution in [0.3, 0.4) is 0 Å². The molecule has 0 aromatic heterocycles. The minimum atomic E-state index is -0.608. The molecule has 1 heterocycles. The van der Waals surface area contributed by atoms with Crippen molar-refractivity contribution in [3.63, 3.8) is 0 Å². The number of unbranched alkanes of at least 4 members (excludes halogenated alkanes) is 1. The summed E-state index contributed by atoms with van der Waals surface area (Å²) in [5.41, 5.74) is 1.50. The average molecular weight is 439 g/mol. The molecule has 0 saturated carbocycles. The smallest absolute Gasteiger partial charge is 0.338 e. The number of hydrogen-bond donors (Lipinski definition) is 2. The van der Waals surface area contributed by atoms with Gasteiger partial charge in [0.2, 0.25) is 5.91 Å². The third kappa shape index (κ3) is 5.32. The monoisotopic (exact) mass is 439 g/mol. The van der Waals surface area contributed by atoms with E-state index in [1.165, 1.54) is 0 Å². The zero-order valence-electron chi connectivity index (χ0n) is 16.8. The summed E-state index contributed by atoms with van der Waals surface area (Å²) < 4.78 is 5.14. The Labute approximate surface area is 184 Å². The molecule has 0 fully saturated rings. The van der Waals surface area contributed by atoms with E-state index in [0.29, 0.717) is 17.9 Å². The molecule has 0 aliphatic carbocycles. The van der Waals surface area contributed by atoms with E-state index < -0.39 is 30.2 Å². The molecule has 0 radical (unpaired) electrons. The molecule has 2 N–H and O–H groups in total. The highest BCUT2D eigenvalue weighted by Gasteiger charge is 2.36. The topological polar surface area (TPSA) is 105 Å². The van der Waals surface area contributed by atoms with Crippen LogP contribution in [0.4, 0.5) is 5.69 Å². The lowest BCUT2D eigenvalue weighted by atomic mass is 10.1. The van der Waals surface area contributed by atoms with Gasteiger partial charge < -0.3 is 15.4 Å². The first kappa shape index (κ1) is 22.1. The zero-order chi connectivity index (χ0) is 22.4. The molecule has 3 rings (SSSR count). The SMILES string of the molecule is CCCCOC(=O)c1ccc(NC(=S)NC(=O)CN2C(=O)c3ccccc3C2=O)cc1. The fourth-order valence-corrected chi connectivity index (χ4v) is 3.17. The number of rotatable bonds is 7. The van der Waals surface area contributed by atoms with Gasteiger partial charge in [0.25, 0.3) is 11.8 Å². The largest absolute Gasteiger partial charge is 0.462 e. The molecule has 3 amide bonds. The Kier molecular flexibility index (Phi) is 7.09. The van der Waals surface area contributed by atoms with Crippen LogP contribution in [0.2, 0.25) is 0 Å². The minimum absolute atomic E-state index is 0.000110. The van der Waals surface area contributed by atoms with Gasteiger partial charge in [0.1, 0.15) is 6.54 Å². The quantitative estimate of drug-likeness (QED) is 0.296. The number of nitrogens with one attached hydrogen (secondary N) is 2. The number of thiocarbonyl (C=S) groups is 1. The number of carbonyl (C=O) groups excluding carboxylic acids is 4. The maximum atomic E-state index is 12.3. The van der Waals surface area contributed by atoms with Crippen molar-refractivity contribution in [2.75, 3.05) is 18.5 Å². The predicted octanol–water partition coefficient (Wildman–Crippen LogP) is 2.75. The number of benzene rings is 2. The van der Waals surface area contributed by atoms with E-state index in [1.54, 1.807) is 48.5 Å². The third-order valence-electron chi connectivity index (χ3n) is 4.54. The maximum absolute atomic E-state index is 12.3. The van der Waals surface area contributed by atoms with Gasteiger partial charge in [0.05, 0.1) is 23.3 Å². The van der Waals surface area contributed by atoms with Crippen LogP contribution in [-0.4, -0.2) is 46.9 Å². The van der Waals surface area contributed by atoms with Gasteiger partial charge in [-0.15, -0.1) is 0 Å². The van der Waals surface area contributed by atoms with E-state index in [0.717, 1.165) is 17.7 Å². The van der Waals surface area contributed by atoms with Gasteiger partial charge in [-0.3, -0.25) is 19.3 Å². The van der Waals surface area contributed by atoms with Gasteiger partial charge in [0.15, 0.2) is 5.11 Å². The standard InChI is InChI=1S/C22H21N3O5S/c1-2-3-12-30-21(29)14-8-10-15(11-9-14)23-22(31)24-18(26)13-25-19(27)16-6-4-5-7-17(16)20(25)28/h4-11H,2-3,12-13H2,1H3,(H2,23,24,26,31). The first-order valence-electron chi connectivity index (χ1n) is 9.74. The summed E-state index contributed by atoms with van der Waals surface area (Å²) in [6.07, 6.45) is 1.74. The van der Waals surface area contributed by atoms with Crippen LogP contribution in [0.25, 0.3) is 0 Å². The fourth-order valence-electron chi connectivity index (χ4n) is 2.94. The second kappa shape index (κ2) is 9.94. The summed E-state index contributed by atoms with van der Waals surface area (Å²) >= 11 is 5.11. The number of imide groups is 1. The highest BCUT2D eigenvalue weighted by molar-refractivity contribution is 7.80. The number of carbonyl (C=O) groups is 4. The van der Waals surface area contributed by atoms with Crippen molar-refractivity contribution in [3.8, 4) is 0 Å². The van der Waals surface area contributed by atoms with E-state index in [9.17, 15) is 19.2 Å². The molecular formula is C22H21N3O5S. The summed E-state index contributed by atoms with van der Waals surface area (Å²) in [6, 6.07) is 12.8. The minimum Gasteiger partial charge on any atom is -0.462 e. The molecule has 2 aromatic rings. The number of ether oxygens (including phenoxy) is 1. The molecule has 0 atom stereocenters. The van der Waals surface area contributed by atoms with Crippen LogP contribution in [0.1, 0.15) is 50.8 Å². The van der Waals surface area contributed by atoms with Crippen molar-refractivity contribution in [2.24, 2.45) is 0 Å². The first-order chi connectivity index (χ1) is 14.9. The lowest BCUT2D eigenvalue weighted by molar-refractivity contribution is -0.120. The van der Waals surface area contributed by atoms with Crippen LogP contribution in [0.5, 0.6) is 0 Å². The average Bonchev–Trinajstić information content (AvgIpc) is 2.99. The Morgan fingerprint density at radius 3 is 2.19 bits per heavy atom. The van der Waals surface area contributed by atoms with Crippen LogP contribution in [0, 0.1) is 0 Å². The van der Waals surface area contributed by atoms with Gasteiger partial charge in [-0.05, 0) is 55.0 Å². The van der Waals surface area contributed by atoms with Crippen LogP contribution < -0.4 is 10.6 Å². The molecular weight excluding hydrogens is 418 g/mol. The molecule has 1 aliphatic heterocycles. The van der Waals surface area contributed by atoms with Crippen molar-refractivity contribution in [1.29, 1.82) is 0 Å². The first-order valence-corrected chi connectivity index (χ1v) is 10.1. The normalized spacial score (nSPS) is 12.4. The number of nitrogens with zero attached hydrogens (tertiary/aromatic N) is 1. The molecule has 160 valence electrons. The van der Waals surface area contributed by atoms with Gasteiger partial charge in [0, 0.05) is 5.69 Å². The number of fused-ring (bicyclic) bond motifs is 1. The molecule has 0 saturated heterocycles. The Bertz CT molecular complexity index is 1000. The number of amides is 3. The molecule has 0 bridgehead atoms. The zero-order valence-corrected chi connectivity index (χ0v) is 17.7. The molecule has 2 aromatic carbocycles. The number of anilines is 1. The van der Waals surface area contributed by atoms with Crippen molar-refractivity contribution in [3.05, 3.63) is 65.2 Å². The fraction of sp³-hybridized carbons (Fsp3) is 0.227. The van der Waals surface area contributed by atoms with Crippen molar-refractivity contribution in [1.82, 2.24) is 10.2 Å². The van der Waals surface area contributed by atoms with Crippen molar-refractivity contribution >= 4 is 46.7 Å². The van der Waals surface area contributed by atoms with Gasteiger partial charge >= 0.3 is 5.97 Å². The van der Waals surface area contributed by atoms with Gasteiger partial charge in [-0.25, -0.2) is 4.79 Å². The Morgan fingerprint density at radius 1 is 1.00 bits per heavy atom. The molecule has 1 aliphatic rings. The van der Waals surface area contributed by atoms with E-state index in [1.807, 2.05) is 6.92 Å². The van der Waals surface area contributed by atoms with E-state index in [2.05, 4.69) is 10.6 Å². The molecule has 9 heteroatoms. The van der Waals surface area contributed by atoms with Crippen molar-refractivity contribution in [2.45, 2.75) is 19.8 Å². The van der Waals surface area contributed by atoms with Gasteiger partial charge in [-0.2, -0.15) is 0 Å². The van der Waals surface area contributed by atoms with E-state index in [4.69, 9.17) is 17.0 Å². The summed E-state index contributed by atoms with van der Waals surface area (Å²) in [7, 11) is 0. The Balaban J connectivity index is 1.51. The van der Waals surface area contributed by atoms with Gasteiger partial charge in [-0.1, -0.05) is 25.5 Å². The maximum Gasteiger partial charge on any atom is 0.338 e. The molecule has 0 unspecified atom stereocenters. The Morgan fingerprint density at radius 2 is 1.61 bits per heavy atom. The molecule has 0 spiro atoms. The highest BCUT2D eigenvalue weighted by Crippen LogP contribution is 2.21. The van der Waals surface area contributed by atoms with Crippen molar-refractivity contribution < 1.29 is 23.9 Å².